The Morgan fingerprint density at radius 1 is 1.06 bits per heavy atom. The Morgan fingerprint density at radius 2 is 1.75 bits per heavy atom. The van der Waals surface area contributed by atoms with Crippen LogP contribution in [0, 0.1) is 0 Å². The fourth-order valence-electron chi connectivity index (χ4n) is 3.36. The molecule has 32 heavy (non-hydrogen) atoms. The van der Waals surface area contributed by atoms with E-state index in [-0.39, 0.29) is 17.7 Å². The minimum absolute atomic E-state index is 0.0478. The number of nitrogens with zero attached hydrogens (tertiary/aromatic N) is 3. The highest BCUT2D eigenvalue weighted by Gasteiger charge is 2.23. The maximum Gasteiger partial charge on any atom is 0.234 e. The van der Waals surface area contributed by atoms with E-state index in [1.165, 1.54) is 27.8 Å². The number of quaternary nitrogens is 1. The van der Waals surface area contributed by atoms with Crippen LogP contribution >= 0.6 is 11.8 Å². The van der Waals surface area contributed by atoms with Crippen molar-refractivity contribution < 1.29 is 9.69 Å². The van der Waals surface area contributed by atoms with Crippen LogP contribution in [0.4, 0.5) is 5.69 Å². The minimum atomic E-state index is -0.0478. The number of hydrogen-bond acceptors (Lipinski definition) is 4. The lowest BCUT2D eigenvalue weighted by atomic mass is 9.99. The maximum atomic E-state index is 12.6. The summed E-state index contributed by atoms with van der Waals surface area (Å²) in [5.74, 6) is 1.68. The fourth-order valence-corrected chi connectivity index (χ4v) is 4.10. The van der Waals surface area contributed by atoms with Gasteiger partial charge in [0.25, 0.3) is 0 Å². The standard InChI is InChI=1S/C25H33N5OS/c1-6-18(2)21-12-14-22(15-13-21)26-23(31)17-32-25-28-27-24(19(3)29(4)5)30(25)16-20-10-8-7-9-11-20/h7-15,18-19H,6,16-17H2,1-5H3,(H,26,31)/p+1/t18-,19-/m0/s1. The molecule has 2 aromatic carbocycles. The molecule has 0 saturated heterocycles. The van der Waals surface area contributed by atoms with E-state index >= 15 is 0 Å². The van der Waals surface area contributed by atoms with Gasteiger partial charge in [0.2, 0.25) is 5.91 Å². The van der Waals surface area contributed by atoms with Gasteiger partial charge in [-0.15, -0.1) is 10.2 Å². The number of amides is 1. The molecule has 0 aliphatic carbocycles. The molecule has 0 spiro atoms. The topological polar surface area (TPSA) is 64.2 Å². The third kappa shape index (κ3) is 6.20. The lowest BCUT2D eigenvalue weighted by Gasteiger charge is -2.18. The molecular weight excluding hydrogens is 418 g/mol. The summed E-state index contributed by atoms with van der Waals surface area (Å²) in [5, 5.41) is 12.6. The average Bonchev–Trinajstić information content (AvgIpc) is 3.19. The molecule has 0 fully saturated rings. The lowest BCUT2D eigenvalue weighted by molar-refractivity contribution is -0.890. The molecule has 3 rings (SSSR count). The second-order valence-corrected chi connectivity index (χ2v) is 9.42. The van der Waals surface area contributed by atoms with Crippen molar-refractivity contribution in [2.45, 2.75) is 50.9 Å². The van der Waals surface area contributed by atoms with E-state index in [0.29, 0.717) is 12.5 Å². The van der Waals surface area contributed by atoms with Crippen LogP contribution < -0.4 is 10.2 Å². The fraction of sp³-hybridized carbons (Fsp3) is 0.400. The molecule has 6 nitrogen and oxygen atoms in total. The first-order chi connectivity index (χ1) is 15.4. The molecule has 7 heteroatoms. The van der Waals surface area contributed by atoms with E-state index in [4.69, 9.17) is 0 Å². The van der Waals surface area contributed by atoms with E-state index < -0.39 is 0 Å². The summed E-state index contributed by atoms with van der Waals surface area (Å²) >= 11 is 1.42. The van der Waals surface area contributed by atoms with Gasteiger partial charge >= 0.3 is 0 Å². The zero-order chi connectivity index (χ0) is 23.1. The van der Waals surface area contributed by atoms with Gasteiger partial charge < -0.3 is 10.2 Å². The van der Waals surface area contributed by atoms with Crippen LogP contribution in [0.5, 0.6) is 0 Å². The Balaban J connectivity index is 1.69. The molecule has 2 atom stereocenters. The van der Waals surface area contributed by atoms with Gasteiger partial charge in [0.15, 0.2) is 11.0 Å². The van der Waals surface area contributed by atoms with Gasteiger partial charge in [0.05, 0.1) is 26.4 Å². The zero-order valence-electron chi connectivity index (χ0n) is 19.6. The predicted octanol–water partition coefficient (Wildman–Crippen LogP) is 3.78. The predicted molar refractivity (Wildman–Crippen MR) is 131 cm³/mol. The van der Waals surface area contributed by atoms with Crippen molar-refractivity contribution in [1.29, 1.82) is 0 Å². The van der Waals surface area contributed by atoms with E-state index in [9.17, 15) is 4.79 Å². The number of rotatable bonds is 10. The molecule has 0 unspecified atom stereocenters. The van der Waals surface area contributed by atoms with Crippen molar-refractivity contribution >= 4 is 23.4 Å². The molecule has 0 bridgehead atoms. The van der Waals surface area contributed by atoms with Gasteiger partial charge in [0, 0.05) is 5.69 Å². The zero-order valence-corrected chi connectivity index (χ0v) is 20.4. The third-order valence-electron chi connectivity index (χ3n) is 5.89. The first-order valence-corrected chi connectivity index (χ1v) is 12.2. The van der Waals surface area contributed by atoms with Gasteiger partial charge in [-0.1, -0.05) is 68.1 Å². The van der Waals surface area contributed by atoms with Crippen LogP contribution in [0.2, 0.25) is 0 Å². The lowest BCUT2D eigenvalue weighted by Crippen LogP contribution is -3.05. The molecule has 3 aromatic rings. The normalized spacial score (nSPS) is 13.2. The number of anilines is 1. The Morgan fingerprint density at radius 3 is 2.38 bits per heavy atom. The second-order valence-electron chi connectivity index (χ2n) is 8.48. The Hall–Kier alpha value is -2.64. The molecule has 1 aromatic heterocycles. The van der Waals surface area contributed by atoms with Gasteiger partial charge in [-0.2, -0.15) is 0 Å². The number of carbonyl (C=O) groups is 1. The summed E-state index contributed by atoms with van der Waals surface area (Å²) in [6.45, 7) is 7.22. The van der Waals surface area contributed by atoms with Crippen molar-refractivity contribution in [2.75, 3.05) is 25.2 Å². The third-order valence-corrected chi connectivity index (χ3v) is 6.86. The largest absolute Gasteiger partial charge is 0.331 e. The summed E-state index contributed by atoms with van der Waals surface area (Å²) in [5.41, 5.74) is 3.29. The Bertz CT molecular complexity index is 1000. The minimum Gasteiger partial charge on any atom is -0.331 e. The van der Waals surface area contributed by atoms with Crippen LogP contribution in [-0.2, 0) is 11.3 Å². The molecule has 2 N–H and O–H groups in total. The number of nitrogens with one attached hydrogen (secondary N) is 2. The molecule has 0 saturated carbocycles. The van der Waals surface area contributed by atoms with Crippen molar-refractivity contribution in [2.24, 2.45) is 0 Å². The van der Waals surface area contributed by atoms with Crippen molar-refractivity contribution in [3.05, 3.63) is 71.5 Å². The highest BCUT2D eigenvalue weighted by atomic mass is 32.2. The Labute approximate surface area is 195 Å². The molecular formula is C25H34N5OS+. The van der Waals surface area contributed by atoms with Crippen LogP contribution in [0.15, 0.2) is 59.8 Å². The van der Waals surface area contributed by atoms with Crippen molar-refractivity contribution in [3.63, 3.8) is 0 Å². The number of hydrogen-bond donors (Lipinski definition) is 2. The highest BCUT2D eigenvalue weighted by Crippen LogP contribution is 2.23. The van der Waals surface area contributed by atoms with E-state index in [1.54, 1.807) is 0 Å². The molecule has 0 aliphatic rings. The monoisotopic (exact) mass is 452 g/mol. The summed E-state index contributed by atoms with van der Waals surface area (Å²) in [6.07, 6.45) is 1.10. The maximum absolute atomic E-state index is 12.6. The smallest absolute Gasteiger partial charge is 0.234 e. The molecule has 1 heterocycles. The summed E-state index contributed by atoms with van der Waals surface area (Å²) < 4.78 is 2.13. The van der Waals surface area contributed by atoms with E-state index in [0.717, 1.165) is 23.1 Å². The highest BCUT2D eigenvalue weighted by molar-refractivity contribution is 7.99. The average molecular weight is 453 g/mol. The Kier molecular flexibility index (Phi) is 8.47. The SMILES string of the molecule is CC[C@H](C)c1ccc(NC(=O)CSc2nnc([C@H](C)[NH+](C)C)n2Cc2ccccc2)cc1. The van der Waals surface area contributed by atoms with Crippen LogP contribution in [0.1, 0.15) is 56.1 Å². The molecule has 1 amide bonds. The second kappa shape index (κ2) is 11.3. The quantitative estimate of drug-likeness (QED) is 0.460. The first kappa shape index (κ1) is 24.0. The van der Waals surface area contributed by atoms with Crippen LogP contribution in [0.3, 0.4) is 0 Å². The van der Waals surface area contributed by atoms with E-state index in [1.807, 2.05) is 30.3 Å². The number of aromatic nitrogens is 3. The summed E-state index contributed by atoms with van der Waals surface area (Å²) in [7, 11) is 4.22. The molecule has 0 radical (unpaired) electrons. The van der Waals surface area contributed by atoms with Gasteiger partial charge in [-0.25, -0.2) is 0 Å². The van der Waals surface area contributed by atoms with Crippen molar-refractivity contribution in [3.8, 4) is 0 Å². The van der Waals surface area contributed by atoms with Crippen molar-refractivity contribution in [1.82, 2.24) is 14.8 Å². The van der Waals surface area contributed by atoms with Gasteiger partial charge in [-0.3, -0.25) is 9.36 Å². The summed E-state index contributed by atoms with van der Waals surface area (Å²) in [4.78, 5) is 13.9. The van der Waals surface area contributed by atoms with Crippen LogP contribution in [-0.4, -0.2) is 40.5 Å². The van der Waals surface area contributed by atoms with E-state index in [2.05, 4.69) is 79.2 Å². The number of carbonyl (C=O) groups excluding carboxylic acids is 1. The summed E-state index contributed by atoms with van der Waals surface area (Å²) in [6, 6.07) is 18.6. The molecule has 0 aliphatic heterocycles. The first-order valence-electron chi connectivity index (χ1n) is 11.2. The number of benzene rings is 2. The molecule has 170 valence electrons. The van der Waals surface area contributed by atoms with Crippen LogP contribution in [0.25, 0.3) is 0 Å². The van der Waals surface area contributed by atoms with Gasteiger partial charge in [-0.05, 0) is 42.5 Å². The van der Waals surface area contributed by atoms with Gasteiger partial charge in [0.1, 0.15) is 6.04 Å². The number of thioether (sulfide) groups is 1.